The molecular formula is C28H33ClN4O. The molecule has 5 nitrogen and oxygen atoms in total. The third kappa shape index (κ3) is 5.25. The summed E-state index contributed by atoms with van der Waals surface area (Å²) >= 11 is 6.28. The van der Waals surface area contributed by atoms with E-state index in [0.717, 1.165) is 43.3 Å². The van der Waals surface area contributed by atoms with Crippen LogP contribution in [0.4, 0.5) is 5.82 Å². The van der Waals surface area contributed by atoms with Gasteiger partial charge >= 0.3 is 0 Å². The van der Waals surface area contributed by atoms with Crippen molar-refractivity contribution in [3.05, 3.63) is 87.3 Å². The third-order valence-electron chi connectivity index (χ3n) is 6.70. The van der Waals surface area contributed by atoms with Crippen molar-refractivity contribution in [2.24, 2.45) is 0 Å². The molecule has 178 valence electrons. The summed E-state index contributed by atoms with van der Waals surface area (Å²) in [4.78, 5) is 27.2. The van der Waals surface area contributed by atoms with Crippen LogP contribution in [0.15, 0.2) is 48.5 Å². The number of anilines is 1. The first kappa shape index (κ1) is 24.2. The minimum absolute atomic E-state index is 0.00982. The van der Waals surface area contributed by atoms with Gasteiger partial charge < -0.3 is 9.80 Å². The lowest BCUT2D eigenvalue weighted by molar-refractivity contribution is 0.0746. The van der Waals surface area contributed by atoms with Crippen LogP contribution in [0.25, 0.3) is 0 Å². The number of benzene rings is 2. The standard InChI is InChI=1S/C28H33ClN4O/c1-5-20(3)26-30-21(4)24(18-22-10-8-9-19(2)17-22)27(31-26)32-13-15-33(16-14-32)28(34)23-11-6-7-12-25(23)29/h6-12,17,20H,5,13-16,18H2,1-4H3/t20-/m0/s1. The van der Waals surface area contributed by atoms with Gasteiger partial charge in [-0.05, 0) is 38.0 Å². The number of amides is 1. The molecule has 4 rings (SSSR count). The van der Waals surface area contributed by atoms with E-state index in [1.54, 1.807) is 12.1 Å². The highest BCUT2D eigenvalue weighted by Crippen LogP contribution is 2.28. The minimum Gasteiger partial charge on any atom is -0.353 e. The van der Waals surface area contributed by atoms with Crippen molar-refractivity contribution in [3.8, 4) is 0 Å². The van der Waals surface area contributed by atoms with Gasteiger partial charge in [0, 0.05) is 49.8 Å². The smallest absolute Gasteiger partial charge is 0.255 e. The molecule has 2 heterocycles. The van der Waals surface area contributed by atoms with E-state index in [0.29, 0.717) is 29.6 Å². The fourth-order valence-electron chi connectivity index (χ4n) is 4.43. The predicted molar refractivity (Wildman–Crippen MR) is 139 cm³/mol. The molecule has 3 aromatic rings. The normalized spacial score (nSPS) is 14.9. The van der Waals surface area contributed by atoms with Crippen LogP contribution in [0.2, 0.25) is 5.02 Å². The Bertz CT molecular complexity index is 1170. The first-order valence-corrected chi connectivity index (χ1v) is 12.5. The highest BCUT2D eigenvalue weighted by molar-refractivity contribution is 6.33. The molecule has 0 bridgehead atoms. The lowest BCUT2D eigenvalue weighted by Crippen LogP contribution is -2.49. The number of rotatable bonds is 6. The molecule has 1 aromatic heterocycles. The molecule has 34 heavy (non-hydrogen) atoms. The first-order chi connectivity index (χ1) is 16.4. The Morgan fingerprint density at radius 1 is 1.03 bits per heavy atom. The number of carbonyl (C=O) groups excluding carboxylic acids is 1. The van der Waals surface area contributed by atoms with Gasteiger partial charge in [0.15, 0.2) is 0 Å². The highest BCUT2D eigenvalue weighted by Gasteiger charge is 2.27. The van der Waals surface area contributed by atoms with Crippen LogP contribution in [0.1, 0.15) is 64.8 Å². The SMILES string of the molecule is CC[C@H](C)c1nc(C)c(Cc2cccc(C)c2)c(N2CCN(C(=O)c3ccccc3Cl)CC2)n1. The maximum atomic E-state index is 13.0. The molecule has 1 amide bonds. The molecule has 1 aliphatic heterocycles. The highest BCUT2D eigenvalue weighted by atomic mass is 35.5. The average Bonchev–Trinajstić information content (AvgIpc) is 2.84. The van der Waals surface area contributed by atoms with Gasteiger partial charge in [-0.1, -0.05) is 67.4 Å². The number of carbonyl (C=O) groups is 1. The maximum Gasteiger partial charge on any atom is 0.255 e. The van der Waals surface area contributed by atoms with Crippen molar-refractivity contribution in [1.82, 2.24) is 14.9 Å². The number of piperazine rings is 1. The van der Waals surface area contributed by atoms with Crippen molar-refractivity contribution >= 4 is 23.3 Å². The number of halogens is 1. The van der Waals surface area contributed by atoms with Crippen LogP contribution >= 0.6 is 11.6 Å². The van der Waals surface area contributed by atoms with E-state index in [2.05, 4.69) is 56.9 Å². The Morgan fingerprint density at radius 2 is 1.76 bits per heavy atom. The van der Waals surface area contributed by atoms with Gasteiger partial charge in [0.1, 0.15) is 11.6 Å². The van der Waals surface area contributed by atoms with E-state index in [1.165, 1.54) is 16.7 Å². The largest absolute Gasteiger partial charge is 0.353 e. The lowest BCUT2D eigenvalue weighted by atomic mass is 10.0. The van der Waals surface area contributed by atoms with Crippen molar-refractivity contribution in [3.63, 3.8) is 0 Å². The van der Waals surface area contributed by atoms with Gasteiger partial charge in [-0.2, -0.15) is 0 Å². The van der Waals surface area contributed by atoms with Gasteiger partial charge in [0.2, 0.25) is 0 Å². The summed E-state index contributed by atoms with van der Waals surface area (Å²) in [7, 11) is 0. The molecule has 1 fully saturated rings. The van der Waals surface area contributed by atoms with Gasteiger partial charge in [-0.15, -0.1) is 0 Å². The Balaban J connectivity index is 1.60. The molecule has 1 atom stereocenters. The van der Waals surface area contributed by atoms with Crippen molar-refractivity contribution in [1.29, 1.82) is 0 Å². The van der Waals surface area contributed by atoms with E-state index >= 15 is 0 Å². The molecule has 1 saturated heterocycles. The van der Waals surface area contributed by atoms with Crippen LogP contribution in [0.3, 0.4) is 0 Å². The Hall–Kier alpha value is -2.92. The summed E-state index contributed by atoms with van der Waals surface area (Å²) in [5.41, 5.74) is 5.28. The lowest BCUT2D eigenvalue weighted by Gasteiger charge is -2.37. The minimum atomic E-state index is -0.00982. The van der Waals surface area contributed by atoms with Gasteiger partial charge in [0.05, 0.1) is 10.6 Å². The Labute approximate surface area is 207 Å². The van der Waals surface area contributed by atoms with Gasteiger partial charge in [-0.3, -0.25) is 4.79 Å². The monoisotopic (exact) mass is 476 g/mol. The molecule has 0 unspecified atom stereocenters. The summed E-state index contributed by atoms with van der Waals surface area (Å²) in [6.45, 7) is 11.3. The third-order valence-corrected chi connectivity index (χ3v) is 7.03. The topological polar surface area (TPSA) is 49.3 Å². The number of hydrogen-bond acceptors (Lipinski definition) is 4. The molecule has 0 spiro atoms. The second-order valence-corrected chi connectivity index (χ2v) is 9.61. The predicted octanol–water partition coefficient (Wildman–Crippen LogP) is 5.81. The molecule has 6 heteroatoms. The van der Waals surface area contributed by atoms with Crippen LogP contribution in [-0.4, -0.2) is 47.0 Å². The Kier molecular flexibility index (Phi) is 7.52. The molecule has 2 aromatic carbocycles. The summed E-state index contributed by atoms with van der Waals surface area (Å²) in [6, 6.07) is 15.9. The zero-order chi connectivity index (χ0) is 24.2. The van der Waals surface area contributed by atoms with Crippen LogP contribution in [0.5, 0.6) is 0 Å². The molecule has 0 saturated carbocycles. The number of aromatic nitrogens is 2. The zero-order valence-electron chi connectivity index (χ0n) is 20.5. The molecule has 1 aliphatic rings. The second-order valence-electron chi connectivity index (χ2n) is 9.20. The maximum absolute atomic E-state index is 13.0. The molecule has 0 radical (unpaired) electrons. The average molecular weight is 477 g/mol. The molecule has 0 N–H and O–H groups in total. The van der Waals surface area contributed by atoms with E-state index < -0.39 is 0 Å². The van der Waals surface area contributed by atoms with E-state index in [4.69, 9.17) is 21.6 Å². The van der Waals surface area contributed by atoms with E-state index in [9.17, 15) is 4.79 Å². The van der Waals surface area contributed by atoms with Crippen LogP contribution in [-0.2, 0) is 6.42 Å². The number of hydrogen-bond donors (Lipinski definition) is 0. The van der Waals surface area contributed by atoms with Gasteiger partial charge in [-0.25, -0.2) is 9.97 Å². The molecular weight excluding hydrogens is 444 g/mol. The first-order valence-electron chi connectivity index (χ1n) is 12.1. The summed E-state index contributed by atoms with van der Waals surface area (Å²) in [5, 5.41) is 0.500. The fraction of sp³-hybridized carbons (Fsp3) is 0.393. The van der Waals surface area contributed by atoms with Crippen molar-refractivity contribution < 1.29 is 4.79 Å². The molecule has 0 aliphatic carbocycles. The second kappa shape index (κ2) is 10.6. The van der Waals surface area contributed by atoms with Crippen LogP contribution < -0.4 is 4.90 Å². The van der Waals surface area contributed by atoms with Gasteiger partial charge in [0.25, 0.3) is 5.91 Å². The van der Waals surface area contributed by atoms with Crippen molar-refractivity contribution in [2.75, 3.05) is 31.1 Å². The Morgan fingerprint density at radius 3 is 2.44 bits per heavy atom. The summed E-state index contributed by atoms with van der Waals surface area (Å²) in [5.74, 6) is 2.20. The fourth-order valence-corrected chi connectivity index (χ4v) is 4.64. The summed E-state index contributed by atoms with van der Waals surface area (Å²) < 4.78 is 0. The summed E-state index contributed by atoms with van der Waals surface area (Å²) in [6.07, 6.45) is 1.79. The van der Waals surface area contributed by atoms with E-state index in [-0.39, 0.29) is 5.91 Å². The van der Waals surface area contributed by atoms with Crippen molar-refractivity contribution in [2.45, 2.75) is 46.5 Å². The quantitative estimate of drug-likeness (QED) is 0.450. The number of aryl methyl sites for hydroxylation is 2. The van der Waals surface area contributed by atoms with E-state index in [1.807, 2.05) is 17.0 Å². The number of nitrogens with zero attached hydrogens (tertiary/aromatic N) is 4. The zero-order valence-corrected chi connectivity index (χ0v) is 21.3. The van der Waals surface area contributed by atoms with Crippen LogP contribution in [0, 0.1) is 13.8 Å².